The van der Waals surface area contributed by atoms with E-state index in [4.69, 9.17) is 0 Å². The summed E-state index contributed by atoms with van der Waals surface area (Å²) in [5, 5.41) is 3.78. The Morgan fingerprint density at radius 3 is 1.84 bits per heavy atom. The van der Waals surface area contributed by atoms with Gasteiger partial charge in [-0.05, 0) is 45.8 Å². The first-order chi connectivity index (χ1) is 8.54. The second kappa shape index (κ2) is 5.23. The summed E-state index contributed by atoms with van der Waals surface area (Å²) in [4.78, 5) is -0.190. The van der Waals surface area contributed by atoms with E-state index in [1.807, 2.05) is 36.4 Å². The Balaban J connectivity index is 0.00000133. The van der Waals surface area contributed by atoms with Crippen LogP contribution in [0.15, 0.2) is 59.5 Å². The molecule has 3 aromatic rings. The third kappa shape index (κ3) is 2.83. The van der Waals surface area contributed by atoms with Crippen LogP contribution in [0.25, 0.3) is 21.5 Å². The molecule has 0 unspecified atom stereocenters. The normalized spacial score (nSPS) is 11.4. The standard InChI is InChI=1S/C14H10O3S.Na/c15-18(16,17)14-6-5-12-7-10-3-1-2-4-11(10)8-13(12)9-14;/h1-9H,(H,15,16,17);/q;+1/p-1. The fourth-order valence-corrected chi connectivity index (χ4v) is 2.58. The van der Waals surface area contributed by atoms with Crippen LogP contribution in [0, 0.1) is 0 Å². The van der Waals surface area contributed by atoms with E-state index >= 15 is 0 Å². The Labute approximate surface area is 133 Å². The molecule has 0 radical (unpaired) electrons. The van der Waals surface area contributed by atoms with Crippen molar-refractivity contribution in [1.82, 2.24) is 0 Å². The Morgan fingerprint density at radius 2 is 1.26 bits per heavy atom. The van der Waals surface area contributed by atoms with E-state index < -0.39 is 10.1 Å². The number of rotatable bonds is 1. The van der Waals surface area contributed by atoms with Crippen LogP contribution in [0.5, 0.6) is 0 Å². The predicted molar refractivity (Wildman–Crippen MR) is 69.4 cm³/mol. The van der Waals surface area contributed by atoms with Gasteiger partial charge in [0.05, 0.1) is 4.90 Å². The molecule has 3 rings (SSSR count). The molecule has 0 aliphatic carbocycles. The van der Waals surface area contributed by atoms with Gasteiger partial charge in [-0.2, -0.15) is 0 Å². The third-order valence-electron chi connectivity index (χ3n) is 2.96. The summed E-state index contributed by atoms with van der Waals surface area (Å²) in [6, 6.07) is 16.1. The Bertz CT molecular complexity index is 857. The molecule has 3 nitrogen and oxygen atoms in total. The zero-order valence-electron chi connectivity index (χ0n) is 10.3. The minimum atomic E-state index is -4.40. The molecule has 0 aliphatic rings. The Kier molecular flexibility index (Phi) is 3.99. The van der Waals surface area contributed by atoms with E-state index in [1.165, 1.54) is 12.1 Å². The van der Waals surface area contributed by atoms with Crippen molar-refractivity contribution in [2.24, 2.45) is 0 Å². The van der Waals surface area contributed by atoms with E-state index in [1.54, 1.807) is 6.07 Å². The maximum absolute atomic E-state index is 11.0. The number of hydrogen-bond donors (Lipinski definition) is 0. The van der Waals surface area contributed by atoms with Crippen LogP contribution in [0.3, 0.4) is 0 Å². The molecule has 0 saturated heterocycles. The van der Waals surface area contributed by atoms with Crippen LogP contribution in [-0.2, 0) is 10.1 Å². The smallest absolute Gasteiger partial charge is 0.744 e. The SMILES string of the molecule is O=S(=O)([O-])c1ccc2cc3ccccc3cc2c1.[Na+]. The van der Waals surface area contributed by atoms with Crippen molar-refractivity contribution < 1.29 is 42.5 Å². The summed E-state index contributed by atoms with van der Waals surface area (Å²) in [5.74, 6) is 0. The zero-order valence-corrected chi connectivity index (χ0v) is 13.1. The molecule has 0 N–H and O–H groups in total. The zero-order chi connectivity index (χ0) is 12.8. The predicted octanol–water partition coefficient (Wildman–Crippen LogP) is -0.0989. The average Bonchev–Trinajstić information content (AvgIpc) is 2.34. The molecule has 0 saturated carbocycles. The van der Waals surface area contributed by atoms with Crippen molar-refractivity contribution in [3.63, 3.8) is 0 Å². The first kappa shape index (κ1) is 14.5. The van der Waals surface area contributed by atoms with Crippen LogP contribution in [0.4, 0.5) is 0 Å². The van der Waals surface area contributed by atoms with Gasteiger partial charge in [0.2, 0.25) is 0 Å². The number of fused-ring (bicyclic) bond motifs is 2. The second-order valence-corrected chi connectivity index (χ2v) is 5.54. The van der Waals surface area contributed by atoms with Gasteiger partial charge in [0.25, 0.3) is 0 Å². The fourth-order valence-electron chi connectivity index (χ4n) is 2.07. The van der Waals surface area contributed by atoms with Crippen molar-refractivity contribution in [2.45, 2.75) is 4.90 Å². The second-order valence-electron chi connectivity index (χ2n) is 4.16. The number of benzene rings is 3. The summed E-state index contributed by atoms with van der Waals surface area (Å²) in [6.07, 6.45) is 0. The summed E-state index contributed by atoms with van der Waals surface area (Å²) in [6.45, 7) is 0. The molecule has 0 heterocycles. The van der Waals surface area contributed by atoms with E-state index in [-0.39, 0.29) is 34.5 Å². The maximum Gasteiger partial charge on any atom is 1.00 e. The van der Waals surface area contributed by atoms with Crippen LogP contribution < -0.4 is 29.6 Å². The fraction of sp³-hybridized carbons (Fsp3) is 0. The number of hydrogen-bond acceptors (Lipinski definition) is 3. The maximum atomic E-state index is 11.0. The van der Waals surface area contributed by atoms with Gasteiger partial charge in [0.1, 0.15) is 10.1 Å². The van der Waals surface area contributed by atoms with Gasteiger partial charge < -0.3 is 4.55 Å². The Hall–Kier alpha value is -0.910. The van der Waals surface area contributed by atoms with E-state index in [2.05, 4.69) is 0 Å². The van der Waals surface area contributed by atoms with Gasteiger partial charge in [-0.3, -0.25) is 0 Å². The van der Waals surface area contributed by atoms with Crippen LogP contribution in [0.1, 0.15) is 0 Å². The Morgan fingerprint density at radius 1 is 0.737 bits per heavy atom. The van der Waals surface area contributed by atoms with Gasteiger partial charge in [-0.1, -0.05) is 30.3 Å². The summed E-state index contributed by atoms with van der Waals surface area (Å²) >= 11 is 0. The van der Waals surface area contributed by atoms with Gasteiger partial charge in [0.15, 0.2) is 0 Å². The van der Waals surface area contributed by atoms with Crippen molar-refractivity contribution in [3.8, 4) is 0 Å². The summed E-state index contributed by atoms with van der Waals surface area (Å²) in [5.41, 5.74) is 0. The summed E-state index contributed by atoms with van der Waals surface area (Å²) < 4.78 is 33.0. The minimum Gasteiger partial charge on any atom is -0.744 e. The van der Waals surface area contributed by atoms with Crippen LogP contribution in [-0.4, -0.2) is 13.0 Å². The van der Waals surface area contributed by atoms with E-state index in [9.17, 15) is 13.0 Å². The molecule has 0 spiro atoms. The van der Waals surface area contributed by atoms with Crippen molar-refractivity contribution >= 4 is 31.7 Å². The first-order valence-electron chi connectivity index (χ1n) is 5.42. The van der Waals surface area contributed by atoms with Crippen molar-refractivity contribution in [1.29, 1.82) is 0 Å². The topological polar surface area (TPSA) is 57.2 Å². The third-order valence-corrected chi connectivity index (χ3v) is 3.80. The molecule has 0 amide bonds. The molecule has 0 aromatic heterocycles. The molecule has 0 aliphatic heterocycles. The molecular weight excluding hydrogens is 271 g/mol. The molecule has 90 valence electrons. The molecule has 0 bridgehead atoms. The van der Waals surface area contributed by atoms with Crippen LogP contribution in [0.2, 0.25) is 0 Å². The average molecular weight is 280 g/mol. The molecule has 19 heavy (non-hydrogen) atoms. The van der Waals surface area contributed by atoms with Gasteiger partial charge in [-0.15, -0.1) is 0 Å². The van der Waals surface area contributed by atoms with Gasteiger partial charge in [-0.25, -0.2) is 8.42 Å². The molecule has 3 aromatic carbocycles. The summed E-state index contributed by atoms with van der Waals surface area (Å²) in [7, 11) is -4.40. The largest absolute Gasteiger partial charge is 1.00 e. The van der Waals surface area contributed by atoms with E-state index in [0.717, 1.165) is 21.5 Å². The van der Waals surface area contributed by atoms with Crippen molar-refractivity contribution in [2.75, 3.05) is 0 Å². The van der Waals surface area contributed by atoms with E-state index in [0.29, 0.717) is 0 Å². The van der Waals surface area contributed by atoms with Crippen LogP contribution >= 0.6 is 0 Å². The molecule has 0 fully saturated rings. The molecule has 0 atom stereocenters. The quantitative estimate of drug-likeness (QED) is 0.355. The first-order valence-corrected chi connectivity index (χ1v) is 6.83. The van der Waals surface area contributed by atoms with Gasteiger partial charge in [0, 0.05) is 0 Å². The molecule has 5 heteroatoms. The monoisotopic (exact) mass is 280 g/mol. The van der Waals surface area contributed by atoms with Gasteiger partial charge >= 0.3 is 29.6 Å². The van der Waals surface area contributed by atoms with Crippen molar-refractivity contribution in [3.05, 3.63) is 54.6 Å². The minimum absolute atomic E-state index is 0. The molecular formula is C14H9NaO3S.